The molecule has 0 atom stereocenters. The summed E-state index contributed by atoms with van der Waals surface area (Å²) in [6.07, 6.45) is -0.0754. The molecule has 152 valence electrons. The van der Waals surface area contributed by atoms with Crippen LogP contribution in [0.2, 0.25) is 0 Å². The summed E-state index contributed by atoms with van der Waals surface area (Å²) in [6.45, 7) is 0. The van der Waals surface area contributed by atoms with Gasteiger partial charge in [0.1, 0.15) is 0 Å². The van der Waals surface area contributed by atoms with Gasteiger partial charge in [0.15, 0.2) is 17.3 Å². The van der Waals surface area contributed by atoms with Gasteiger partial charge in [0.2, 0.25) is 0 Å². The molecule has 0 aliphatic rings. The molecule has 4 rings (SSSR count). The smallest absolute Gasteiger partial charge is 0.193 e. The molecule has 31 heavy (non-hydrogen) atoms. The van der Waals surface area contributed by atoms with Crippen LogP contribution in [0.1, 0.15) is 43.1 Å². The second-order valence-corrected chi connectivity index (χ2v) is 6.82. The largest absolute Gasteiger partial charge is 0.294 e. The first-order valence-corrected chi connectivity index (χ1v) is 9.96. The number of ketones is 3. The summed E-state index contributed by atoms with van der Waals surface area (Å²) in [6, 6.07) is 36.4. The first-order chi connectivity index (χ1) is 15.1. The predicted molar refractivity (Wildman–Crippen MR) is 122 cm³/mol. The molecule has 3 heteroatoms. The Labute approximate surface area is 182 Å². The molecule has 0 unspecified atom stereocenters. The van der Waals surface area contributed by atoms with E-state index in [0.29, 0.717) is 11.1 Å². The molecular formula is C28H22O3. The van der Waals surface area contributed by atoms with Crippen molar-refractivity contribution < 1.29 is 14.4 Å². The molecule has 0 radical (unpaired) electrons. The molecule has 3 nitrogen and oxygen atoms in total. The standard InChI is InChI=1S/C15H12O2.C13H10O/c16-14(12-7-3-1-4-8-12)11-15(17)13-9-5-2-6-10-13;14-13(11-7-3-1-4-8-11)12-9-5-2-6-10-12/h1-10H,11H2;1-10H. The Balaban J connectivity index is 0.000000179. The minimum absolute atomic E-state index is 0.0752. The van der Waals surface area contributed by atoms with Gasteiger partial charge in [-0.3, -0.25) is 14.4 Å². The molecule has 0 amide bonds. The van der Waals surface area contributed by atoms with Crippen LogP contribution < -0.4 is 0 Å². The molecule has 0 aliphatic carbocycles. The van der Waals surface area contributed by atoms with E-state index in [2.05, 4.69) is 0 Å². The lowest BCUT2D eigenvalue weighted by Gasteiger charge is -2.00. The summed E-state index contributed by atoms with van der Waals surface area (Å²) in [7, 11) is 0. The highest BCUT2D eigenvalue weighted by molar-refractivity contribution is 6.13. The van der Waals surface area contributed by atoms with Gasteiger partial charge in [-0.1, -0.05) is 121 Å². The number of carbonyl (C=O) groups is 3. The Morgan fingerprint density at radius 3 is 0.935 bits per heavy atom. The van der Waals surface area contributed by atoms with Crippen LogP contribution in [0, 0.1) is 0 Å². The maximum absolute atomic E-state index is 11.8. The normalized spacial score (nSPS) is 9.81. The van der Waals surface area contributed by atoms with Gasteiger partial charge in [0.25, 0.3) is 0 Å². The van der Waals surface area contributed by atoms with Crippen molar-refractivity contribution in [2.75, 3.05) is 0 Å². The van der Waals surface area contributed by atoms with Crippen LogP contribution in [0.4, 0.5) is 0 Å². The summed E-state index contributed by atoms with van der Waals surface area (Å²) in [5, 5.41) is 0. The van der Waals surface area contributed by atoms with Crippen LogP contribution in [0.15, 0.2) is 121 Å². The molecule has 0 saturated heterocycles. The van der Waals surface area contributed by atoms with E-state index in [4.69, 9.17) is 0 Å². The molecule has 4 aromatic rings. The maximum Gasteiger partial charge on any atom is 0.193 e. The Hall–Kier alpha value is -4.11. The quantitative estimate of drug-likeness (QED) is 0.289. The molecule has 0 heterocycles. The molecule has 0 bridgehead atoms. The molecule has 0 N–H and O–H groups in total. The SMILES string of the molecule is O=C(CC(=O)c1ccccc1)c1ccccc1.O=C(c1ccccc1)c1ccccc1. The fraction of sp³-hybridized carbons (Fsp3) is 0.0357. The third kappa shape index (κ3) is 6.44. The van der Waals surface area contributed by atoms with Gasteiger partial charge >= 0.3 is 0 Å². The van der Waals surface area contributed by atoms with Gasteiger partial charge in [0.05, 0.1) is 6.42 Å². The lowest BCUT2D eigenvalue weighted by atomic mass is 10.0. The number of hydrogen-bond acceptors (Lipinski definition) is 3. The first-order valence-electron chi connectivity index (χ1n) is 9.96. The molecule has 0 aromatic heterocycles. The van der Waals surface area contributed by atoms with Crippen LogP contribution in [-0.2, 0) is 0 Å². The highest BCUT2D eigenvalue weighted by atomic mass is 16.1. The summed E-state index contributed by atoms with van der Waals surface area (Å²) in [4.78, 5) is 35.5. The van der Waals surface area contributed by atoms with Gasteiger partial charge in [-0.2, -0.15) is 0 Å². The Morgan fingerprint density at radius 2 is 0.645 bits per heavy atom. The highest BCUT2D eigenvalue weighted by Crippen LogP contribution is 2.09. The number of Topliss-reactive ketones (excluding diaryl/α,β-unsaturated/α-hetero) is 2. The van der Waals surface area contributed by atoms with Crippen LogP contribution in [0.5, 0.6) is 0 Å². The zero-order valence-electron chi connectivity index (χ0n) is 17.0. The third-order valence-electron chi connectivity index (χ3n) is 4.58. The zero-order chi connectivity index (χ0) is 21.9. The minimum atomic E-state index is -0.139. The minimum Gasteiger partial charge on any atom is -0.294 e. The Kier molecular flexibility index (Phi) is 7.78. The van der Waals surface area contributed by atoms with E-state index < -0.39 is 0 Å². The van der Waals surface area contributed by atoms with Crippen LogP contribution in [0.3, 0.4) is 0 Å². The summed E-state index contributed by atoms with van der Waals surface area (Å²) >= 11 is 0. The third-order valence-corrected chi connectivity index (χ3v) is 4.58. The van der Waals surface area contributed by atoms with Crippen molar-refractivity contribution in [1.29, 1.82) is 0 Å². The van der Waals surface area contributed by atoms with E-state index in [9.17, 15) is 14.4 Å². The van der Waals surface area contributed by atoms with Gasteiger partial charge in [-0.25, -0.2) is 0 Å². The Bertz CT molecular complexity index is 1030. The monoisotopic (exact) mass is 406 g/mol. The fourth-order valence-corrected chi connectivity index (χ4v) is 2.94. The van der Waals surface area contributed by atoms with E-state index in [1.807, 2.05) is 72.8 Å². The van der Waals surface area contributed by atoms with E-state index in [-0.39, 0.29) is 23.8 Å². The summed E-state index contributed by atoms with van der Waals surface area (Å²) in [5.41, 5.74) is 2.63. The van der Waals surface area contributed by atoms with Crippen molar-refractivity contribution in [3.8, 4) is 0 Å². The van der Waals surface area contributed by atoms with Gasteiger partial charge in [0, 0.05) is 22.3 Å². The summed E-state index contributed by atoms with van der Waals surface area (Å²) in [5.74, 6) is -0.204. The molecular weight excluding hydrogens is 384 g/mol. The van der Waals surface area contributed by atoms with Gasteiger partial charge in [-0.05, 0) is 0 Å². The number of benzene rings is 4. The van der Waals surface area contributed by atoms with Gasteiger partial charge < -0.3 is 0 Å². The average molecular weight is 406 g/mol. The maximum atomic E-state index is 11.8. The van der Waals surface area contributed by atoms with E-state index in [1.165, 1.54) is 0 Å². The number of rotatable bonds is 6. The average Bonchev–Trinajstić information content (AvgIpc) is 2.86. The van der Waals surface area contributed by atoms with Crippen LogP contribution >= 0.6 is 0 Å². The second-order valence-electron chi connectivity index (χ2n) is 6.82. The van der Waals surface area contributed by atoms with Crippen molar-refractivity contribution >= 4 is 17.3 Å². The molecule has 0 saturated carbocycles. The zero-order valence-corrected chi connectivity index (χ0v) is 17.0. The molecule has 0 fully saturated rings. The van der Waals surface area contributed by atoms with E-state index in [0.717, 1.165) is 11.1 Å². The molecule has 4 aromatic carbocycles. The van der Waals surface area contributed by atoms with E-state index >= 15 is 0 Å². The van der Waals surface area contributed by atoms with Crippen molar-refractivity contribution in [3.05, 3.63) is 144 Å². The van der Waals surface area contributed by atoms with Crippen molar-refractivity contribution in [2.24, 2.45) is 0 Å². The van der Waals surface area contributed by atoms with Crippen molar-refractivity contribution in [2.45, 2.75) is 6.42 Å². The topological polar surface area (TPSA) is 51.2 Å². The lowest BCUT2D eigenvalue weighted by Crippen LogP contribution is -2.08. The second kappa shape index (κ2) is 11.2. The van der Waals surface area contributed by atoms with Crippen molar-refractivity contribution in [1.82, 2.24) is 0 Å². The van der Waals surface area contributed by atoms with Crippen molar-refractivity contribution in [3.63, 3.8) is 0 Å². The lowest BCUT2D eigenvalue weighted by molar-refractivity contribution is 0.0893. The summed E-state index contributed by atoms with van der Waals surface area (Å²) < 4.78 is 0. The first kappa shape index (κ1) is 21.6. The van der Waals surface area contributed by atoms with E-state index in [1.54, 1.807) is 48.5 Å². The highest BCUT2D eigenvalue weighted by Gasteiger charge is 2.12. The van der Waals surface area contributed by atoms with Gasteiger partial charge in [-0.15, -0.1) is 0 Å². The number of carbonyl (C=O) groups excluding carboxylic acids is 3. The molecule has 0 aliphatic heterocycles. The fourth-order valence-electron chi connectivity index (χ4n) is 2.94. The molecule has 0 spiro atoms. The Morgan fingerprint density at radius 1 is 0.387 bits per heavy atom. The van der Waals surface area contributed by atoms with Crippen LogP contribution in [-0.4, -0.2) is 17.3 Å². The predicted octanol–water partition coefficient (Wildman–Crippen LogP) is 6.06. The number of hydrogen-bond donors (Lipinski definition) is 0. The van der Waals surface area contributed by atoms with Crippen LogP contribution in [0.25, 0.3) is 0 Å².